The van der Waals surface area contributed by atoms with Crippen LogP contribution in [0.4, 0.5) is 5.69 Å². The van der Waals surface area contributed by atoms with E-state index < -0.39 is 33.5 Å². The summed E-state index contributed by atoms with van der Waals surface area (Å²) in [6.07, 6.45) is 1.29. The van der Waals surface area contributed by atoms with Crippen LogP contribution in [0, 0.1) is 27.4 Å². The first-order chi connectivity index (χ1) is 9.86. The van der Waals surface area contributed by atoms with Crippen LogP contribution < -0.4 is 0 Å². The number of phenolic OH excluding ortho intramolecular Hbond substituents is 1. The molecule has 1 aliphatic rings. The molecule has 0 heterocycles. The first kappa shape index (κ1) is 14.8. The number of hydrogen-bond donors (Lipinski definition) is 2. The van der Waals surface area contributed by atoms with E-state index in [9.17, 15) is 25.1 Å². The molecule has 0 atom stereocenters. The van der Waals surface area contributed by atoms with Crippen molar-refractivity contribution in [3.05, 3.63) is 38.4 Å². The fraction of sp³-hybridized carbons (Fsp3) is 0.231. The molecular weight excluding hydrogens is 300 g/mol. The number of nitro groups is 1. The molecule has 7 nitrogen and oxygen atoms in total. The molecule has 21 heavy (non-hydrogen) atoms. The Hall–Kier alpha value is -2.59. The lowest BCUT2D eigenvalue weighted by Gasteiger charge is -2.06. The average molecular weight is 309 g/mol. The Kier molecular flexibility index (Phi) is 3.82. The minimum Gasteiger partial charge on any atom is -0.506 e. The molecule has 108 valence electrons. The molecule has 0 bridgehead atoms. The van der Waals surface area contributed by atoms with E-state index >= 15 is 0 Å². The number of benzene rings is 1. The number of aliphatic hydroxyl groups is 1. The van der Waals surface area contributed by atoms with Gasteiger partial charge in [0.05, 0.1) is 9.95 Å². The summed E-state index contributed by atoms with van der Waals surface area (Å²) in [7, 11) is 0. The van der Waals surface area contributed by atoms with Crippen molar-refractivity contribution in [3.63, 3.8) is 0 Å². The third-order valence-electron chi connectivity index (χ3n) is 3.06. The van der Waals surface area contributed by atoms with Crippen molar-refractivity contribution in [2.24, 2.45) is 5.92 Å². The van der Waals surface area contributed by atoms with Crippen molar-refractivity contribution in [1.82, 2.24) is 0 Å². The van der Waals surface area contributed by atoms with Crippen molar-refractivity contribution in [1.29, 1.82) is 5.26 Å². The zero-order valence-electron chi connectivity index (χ0n) is 10.5. The molecule has 0 aliphatic heterocycles. The predicted octanol–water partition coefficient (Wildman–Crippen LogP) is 2.73. The molecule has 0 radical (unpaired) electrons. The summed E-state index contributed by atoms with van der Waals surface area (Å²) in [5.41, 5.74) is -1.36. The third-order valence-corrected chi connectivity index (χ3v) is 3.34. The van der Waals surface area contributed by atoms with Gasteiger partial charge in [0.1, 0.15) is 17.4 Å². The van der Waals surface area contributed by atoms with E-state index in [1.807, 2.05) is 0 Å². The lowest BCUT2D eigenvalue weighted by atomic mass is 10.0. The number of Topliss-reactive ketones (excluding diaryl/α,β-unsaturated/α-hetero) is 1. The highest BCUT2D eigenvalue weighted by molar-refractivity contribution is 6.32. The largest absolute Gasteiger partial charge is 0.506 e. The molecular formula is C13H9ClN2O5. The van der Waals surface area contributed by atoms with E-state index in [1.54, 1.807) is 6.07 Å². The van der Waals surface area contributed by atoms with Gasteiger partial charge in [-0.25, -0.2) is 0 Å². The van der Waals surface area contributed by atoms with E-state index in [0.717, 1.165) is 12.1 Å². The second-order valence-corrected chi connectivity index (χ2v) is 4.96. The number of hydrogen-bond acceptors (Lipinski definition) is 6. The van der Waals surface area contributed by atoms with Crippen LogP contribution in [0.1, 0.15) is 18.4 Å². The third kappa shape index (κ3) is 2.80. The Labute approximate surface area is 123 Å². The molecule has 1 saturated carbocycles. The van der Waals surface area contributed by atoms with E-state index in [0.29, 0.717) is 12.8 Å². The van der Waals surface area contributed by atoms with Crippen LogP contribution in [0.15, 0.2) is 17.7 Å². The fourth-order valence-electron chi connectivity index (χ4n) is 1.78. The zero-order chi connectivity index (χ0) is 15.7. The van der Waals surface area contributed by atoms with Crippen molar-refractivity contribution >= 4 is 28.8 Å². The first-order valence-corrected chi connectivity index (χ1v) is 6.29. The summed E-state index contributed by atoms with van der Waals surface area (Å²) in [6, 6.07) is 3.52. The Balaban J connectivity index is 2.57. The summed E-state index contributed by atoms with van der Waals surface area (Å²) in [5, 5.41) is 38.9. The summed E-state index contributed by atoms with van der Waals surface area (Å²) in [6.45, 7) is 0. The molecule has 0 spiro atoms. The van der Waals surface area contributed by atoms with Gasteiger partial charge in [-0.05, 0) is 18.9 Å². The highest BCUT2D eigenvalue weighted by atomic mass is 35.5. The number of phenols is 1. The van der Waals surface area contributed by atoms with E-state index in [2.05, 4.69) is 0 Å². The van der Waals surface area contributed by atoms with Crippen LogP contribution in [0.5, 0.6) is 5.75 Å². The van der Waals surface area contributed by atoms with Gasteiger partial charge in [-0.2, -0.15) is 5.26 Å². The topological polar surface area (TPSA) is 124 Å². The quantitative estimate of drug-likeness (QED) is 0.290. The molecule has 1 fully saturated rings. The van der Waals surface area contributed by atoms with Gasteiger partial charge in [-0.15, -0.1) is 0 Å². The minimum absolute atomic E-state index is 0.171. The maximum Gasteiger partial charge on any atom is 0.313 e. The van der Waals surface area contributed by atoms with Crippen molar-refractivity contribution in [3.8, 4) is 11.8 Å². The van der Waals surface area contributed by atoms with Gasteiger partial charge in [-0.3, -0.25) is 14.9 Å². The number of nitriles is 1. The SMILES string of the molecule is N#C/C(C(=O)C1CC1)=C(/O)c1cc(Cl)c(O)c([N+](=O)[O-])c1. The molecule has 0 aromatic heterocycles. The van der Waals surface area contributed by atoms with Gasteiger partial charge in [0.15, 0.2) is 5.78 Å². The van der Waals surface area contributed by atoms with Gasteiger partial charge >= 0.3 is 5.69 Å². The molecule has 0 saturated heterocycles. The van der Waals surface area contributed by atoms with Crippen LogP contribution >= 0.6 is 11.6 Å². The Morgan fingerprint density at radius 1 is 1.48 bits per heavy atom. The van der Waals surface area contributed by atoms with Crippen LogP contribution in [0.3, 0.4) is 0 Å². The summed E-state index contributed by atoms with van der Waals surface area (Å²) in [5.74, 6) is -2.21. The van der Waals surface area contributed by atoms with Crippen molar-refractivity contribution in [2.75, 3.05) is 0 Å². The molecule has 1 aliphatic carbocycles. The predicted molar refractivity (Wildman–Crippen MR) is 72.7 cm³/mol. The number of carbonyl (C=O) groups excluding carboxylic acids is 1. The molecule has 2 rings (SSSR count). The lowest BCUT2D eigenvalue weighted by Crippen LogP contribution is -2.06. The molecule has 1 aromatic rings. The Bertz CT molecular complexity index is 716. The van der Waals surface area contributed by atoms with Crippen molar-refractivity contribution in [2.45, 2.75) is 12.8 Å². The molecule has 8 heteroatoms. The number of aromatic hydroxyl groups is 1. The van der Waals surface area contributed by atoms with E-state index in [-0.39, 0.29) is 16.5 Å². The summed E-state index contributed by atoms with van der Waals surface area (Å²) < 4.78 is 0. The van der Waals surface area contributed by atoms with Gasteiger partial charge in [0.2, 0.25) is 5.75 Å². The first-order valence-electron chi connectivity index (χ1n) is 5.91. The van der Waals surface area contributed by atoms with Crippen LogP contribution in [0.2, 0.25) is 5.02 Å². The smallest absolute Gasteiger partial charge is 0.313 e. The van der Waals surface area contributed by atoms with Gasteiger partial charge in [-0.1, -0.05) is 11.6 Å². The maximum absolute atomic E-state index is 11.9. The number of rotatable bonds is 4. The molecule has 2 N–H and O–H groups in total. The summed E-state index contributed by atoms with van der Waals surface area (Å²) >= 11 is 5.65. The highest BCUT2D eigenvalue weighted by Crippen LogP contribution is 2.38. The average Bonchev–Trinajstić information content (AvgIpc) is 3.26. The van der Waals surface area contributed by atoms with Crippen LogP contribution in [-0.4, -0.2) is 20.9 Å². The maximum atomic E-state index is 11.9. The number of ketones is 1. The van der Waals surface area contributed by atoms with Crippen molar-refractivity contribution < 1.29 is 19.9 Å². The zero-order valence-corrected chi connectivity index (χ0v) is 11.3. The Morgan fingerprint density at radius 3 is 2.57 bits per heavy atom. The lowest BCUT2D eigenvalue weighted by molar-refractivity contribution is -0.385. The number of nitro benzene ring substituents is 1. The highest BCUT2D eigenvalue weighted by Gasteiger charge is 2.34. The van der Waals surface area contributed by atoms with Crippen LogP contribution in [-0.2, 0) is 4.79 Å². The second-order valence-electron chi connectivity index (χ2n) is 4.56. The number of allylic oxidation sites excluding steroid dienone is 1. The standard InChI is InChI=1S/C13H9ClN2O5/c14-9-3-7(4-10(13(9)19)16(20)21)12(18)8(5-15)11(17)6-1-2-6/h3-4,6,18-19H,1-2H2/b12-8-. The van der Waals surface area contributed by atoms with Crippen LogP contribution in [0.25, 0.3) is 5.76 Å². The number of aliphatic hydroxyl groups excluding tert-OH is 1. The molecule has 0 unspecified atom stereocenters. The van der Waals surface area contributed by atoms with Gasteiger partial charge < -0.3 is 10.2 Å². The minimum atomic E-state index is -0.882. The number of nitrogens with zero attached hydrogens (tertiary/aromatic N) is 2. The molecule has 0 amide bonds. The second kappa shape index (κ2) is 5.42. The summed E-state index contributed by atoms with van der Waals surface area (Å²) in [4.78, 5) is 21.8. The molecule has 1 aromatic carbocycles. The number of carbonyl (C=O) groups is 1. The van der Waals surface area contributed by atoms with Gasteiger partial charge in [0.25, 0.3) is 0 Å². The number of halogens is 1. The fourth-order valence-corrected chi connectivity index (χ4v) is 1.99. The Morgan fingerprint density at radius 2 is 2.10 bits per heavy atom. The van der Waals surface area contributed by atoms with E-state index in [1.165, 1.54) is 0 Å². The monoisotopic (exact) mass is 308 g/mol. The van der Waals surface area contributed by atoms with E-state index in [4.69, 9.17) is 16.9 Å². The van der Waals surface area contributed by atoms with Gasteiger partial charge in [0, 0.05) is 17.5 Å². The normalized spacial score (nSPS) is 15.0.